The van der Waals surface area contributed by atoms with Crippen molar-refractivity contribution in [2.45, 2.75) is 20.4 Å². The Balaban J connectivity index is 1.90. The number of aryl methyl sites for hydroxylation is 1. The number of rotatable bonds is 7. The van der Waals surface area contributed by atoms with Crippen LogP contribution in [0, 0.1) is 13.8 Å². The summed E-state index contributed by atoms with van der Waals surface area (Å²) in [5.41, 5.74) is 2.34. The molecule has 0 fully saturated rings. The molecule has 1 amide bonds. The molecule has 1 aromatic carbocycles. The average molecular weight is 414 g/mol. The maximum Gasteiger partial charge on any atom is 0.295 e. The summed E-state index contributed by atoms with van der Waals surface area (Å²) in [6.07, 6.45) is 1.60. The SMILES string of the molecule is C=CCN(Cc1ccc(Cl)s1)C(=O)C(=O)c1c(C)nn(-c2ccccc2)c1C. The topological polar surface area (TPSA) is 55.2 Å². The molecular formula is C21H20ClN3O2S. The van der Waals surface area contributed by atoms with E-state index in [0.717, 1.165) is 10.6 Å². The minimum Gasteiger partial charge on any atom is -0.327 e. The van der Waals surface area contributed by atoms with Crippen molar-refractivity contribution in [3.8, 4) is 5.69 Å². The number of hydrogen-bond donors (Lipinski definition) is 0. The fourth-order valence-electron chi connectivity index (χ4n) is 3.04. The smallest absolute Gasteiger partial charge is 0.295 e. The number of carbonyl (C=O) groups excluding carboxylic acids is 2. The van der Waals surface area contributed by atoms with E-state index in [-0.39, 0.29) is 6.54 Å². The Hall–Kier alpha value is -2.70. The van der Waals surface area contributed by atoms with Gasteiger partial charge in [-0.05, 0) is 38.1 Å². The van der Waals surface area contributed by atoms with E-state index in [2.05, 4.69) is 11.7 Å². The van der Waals surface area contributed by atoms with Crippen molar-refractivity contribution in [1.82, 2.24) is 14.7 Å². The van der Waals surface area contributed by atoms with E-state index in [1.807, 2.05) is 36.4 Å². The summed E-state index contributed by atoms with van der Waals surface area (Å²) >= 11 is 7.36. The zero-order chi connectivity index (χ0) is 20.3. The van der Waals surface area contributed by atoms with E-state index < -0.39 is 11.7 Å². The van der Waals surface area contributed by atoms with Crippen LogP contribution in [0.25, 0.3) is 5.69 Å². The molecular weight excluding hydrogens is 394 g/mol. The summed E-state index contributed by atoms with van der Waals surface area (Å²) in [5.74, 6) is -1.15. The third kappa shape index (κ3) is 4.08. The van der Waals surface area contributed by atoms with E-state index in [0.29, 0.717) is 27.8 Å². The summed E-state index contributed by atoms with van der Waals surface area (Å²) in [4.78, 5) is 28.4. The van der Waals surface area contributed by atoms with Gasteiger partial charge in [0, 0.05) is 11.4 Å². The predicted molar refractivity (Wildman–Crippen MR) is 112 cm³/mol. The highest BCUT2D eigenvalue weighted by molar-refractivity contribution is 7.16. The number of halogens is 1. The number of para-hydroxylation sites is 1. The summed E-state index contributed by atoms with van der Waals surface area (Å²) < 4.78 is 2.33. The summed E-state index contributed by atoms with van der Waals surface area (Å²) in [6, 6.07) is 13.1. The number of thiophene rings is 1. The van der Waals surface area contributed by atoms with E-state index in [1.54, 1.807) is 30.7 Å². The van der Waals surface area contributed by atoms with Crippen molar-refractivity contribution < 1.29 is 9.59 Å². The number of ketones is 1. The summed E-state index contributed by atoms with van der Waals surface area (Å²) in [6.45, 7) is 7.81. The monoisotopic (exact) mass is 413 g/mol. The van der Waals surface area contributed by atoms with Gasteiger partial charge in [-0.3, -0.25) is 9.59 Å². The lowest BCUT2D eigenvalue weighted by atomic mass is 10.1. The number of amides is 1. The Morgan fingerprint density at radius 2 is 1.93 bits per heavy atom. The Kier molecular flexibility index (Phi) is 6.11. The van der Waals surface area contributed by atoms with Gasteiger partial charge < -0.3 is 4.90 Å². The molecule has 0 aliphatic carbocycles. The molecule has 2 heterocycles. The van der Waals surface area contributed by atoms with Gasteiger partial charge in [0.1, 0.15) is 0 Å². The van der Waals surface area contributed by atoms with Crippen molar-refractivity contribution in [1.29, 1.82) is 0 Å². The lowest BCUT2D eigenvalue weighted by Crippen LogP contribution is -2.36. The minimum absolute atomic E-state index is 0.269. The molecule has 2 aromatic heterocycles. The van der Waals surface area contributed by atoms with Crippen LogP contribution >= 0.6 is 22.9 Å². The molecule has 0 unspecified atom stereocenters. The zero-order valence-electron chi connectivity index (χ0n) is 15.7. The van der Waals surface area contributed by atoms with Crippen LogP contribution in [-0.4, -0.2) is 32.9 Å². The van der Waals surface area contributed by atoms with E-state index in [9.17, 15) is 9.59 Å². The Labute approximate surface area is 172 Å². The number of aromatic nitrogens is 2. The highest BCUT2D eigenvalue weighted by Gasteiger charge is 2.28. The molecule has 3 aromatic rings. The Bertz CT molecular complexity index is 1020. The maximum absolute atomic E-state index is 13.0. The van der Waals surface area contributed by atoms with Crippen molar-refractivity contribution >= 4 is 34.6 Å². The molecule has 0 bridgehead atoms. The molecule has 0 N–H and O–H groups in total. The maximum atomic E-state index is 13.0. The average Bonchev–Trinajstić information content (AvgIpc) is 3.23. The van der Waals surface area contributed by atoms with Crippen LogP contribution in [0.15, 0.2) is 55.1 Å². The van der Waals surface area contributed by atoms with Gasteiger partial charge in [-0.25, -0.2) is 4.68 Å². The van der Waals surface area contributed by atoms with Gasteiger partial charge in [0.15, 0.2) is 0 Å². The van der Waals surface area contributed by atoms with Gasteiger partial charge in [0.05, 0.1) is 33.5 Å². The molecule has 0 saturated carbocycles. The second-order valence-corrected chi connectivity index (χ2v) is 8.10. The van der Waals surface area contributed by atoms with Gasteiger partial charge in [0.2, 0.25) is 0 Å². The Morgan fingerprint density at radius 1 is 1.21 bits per heavy atom. The fourth-order valence-corrected chi connectivity index (χ4v) is 4.15. The van der Waals surface area contributed by atoms with Crippen LogP contribution < -0.4 is 0 Å². The van der Waals surface area contributed by atoms with E-state index in [1.165, 1.54) is 16.2 Å². The van der Waals surface area contributed by atoms with Gasteiger partial charge in [0.25, 0.3) is 11.7 Å². The van der Waals surface area contributed by atoms with Crippen molar-refractivity contribution in [2.75, 3.05) is 6.54 Å². The lowest BCUT2D eigenvalue weighted by Gasteiger charge is -2.19. The van der Waals surface area contributed by atoms with Crippen LogP contribution in [0.5, 0.6) is 0 Å². The van der Waals surface area contributed by atoms with Crippen LogP contribution in [0.2, 0.25) is 4.34 Å². The largest absolute Gasteiger partial charge is 0.327 e. The van der Waals surface area contributed by atoms with Gasteiger partial charge >= 0.3 is 0 Å². The second-order valence-electron chi connectivity index (χ2n) is 6.30. The third-order valence-corrected chi connectivity index (χ3v) is 5.54. The van der Waals surface area contributed by atoms with Crippen molar-refractivity contribution in [2.24, 2.45) is 0 Å². The van der Waals surface area contributed by atoms with Crippen LogP contribution in [0.3, 0.4) is 0 Å². The first-order valence-electron chi connectivity index (χ1n) is 8.72. The first-order chi connectivity index (χ1) is 13.4. The third-order valence-electron chi connectivity index (χ3n) is 4.33. The first kappa shape index (κ1) is 20.0. The van der Waals surface area contributed by atoms with Gasteiger partial charge in [-0.2, -0.15) is 5.10 Å². The van der Waals surface area contributed by atoms with Crippen molar-refractivity contribution in [3.63, 3.8) is 0 Å². The Morgan fingerprint density at radius 3 is 2.54 bits per heavy atom. The standard InChI is InChI=1S/C21H20ClN3O2S/c1-4-12-24(13-17-10-11-18(22)28-17)21(27)20(26)19-14(2)23-25(15(19)3)16-8-6-5-7-9-16/h4-11H,1,12-13H2,2-3H3. The zero-order valence-corrected chi connectivity index (χ0v) is 17.3. The molecule has 0 aliphatic rings. The highest BCUT2D eigenvalue weighted by atomic mass is 35.5. The molecule has 0 radical (unpaired) electrons. The minimum atomic E-state index is -0.580. The number of benzene rings is 1. The molecule has 0 aliphatic heterocycles. The van der Waals surface area contributed by atoms with Crippen LogP contribution in [0.1, 0.15) is 26.6 Å². The van der Waals surface area contributed by atoms with Crippen LogP contribution in [-0.2, 0) is 11.3 Å². The predicted octanol–water partition coefficient (Wildman–Crippen LogP) is 4.60. The molecule has 5 nitrogen and oxygen atoms in total. The molecule has 28 heavy (non-hydrogen) atoms. The van der Waals surface area contributed by atoms with Crippen molar-refractivity contribution in [3.05, 3.63) is 81.3 Å². The first-order valence-corrected chi connectivity index (χ1v) is 9.92. The number of carbonyl (C=O) groups is 2. The lowest BCUT2D eigenvalue weighted by molar-refractivity contribution is -0.126. The molecule has 144 valence electrons. The molecule has 3 rings (SSSR count). The number of hydrogen-bond acceptors (Lipinski definition) is 4. The van der Waals surface area contributed by atoms with E-state index in [4.69, 9.17) is 11.6 Å². The number of Topliss-reactive ketones (excluding diaryl/α,β-unsaturated/α-hetero) is 1. The molecule has 7 heteroatoms. The molecule has 0 saturated heterocycles. The van der Waals surface area contributed by atoms with E-state index >= 15 is 0 Å². The van der Waals surface area contributed by atoms with Gasteiger partial charge in [-0.15, -0.1) is 17.9 Å². The highest BCUT2D eigenvalue weighted by Crippen LogP contribution is 2.24. The fraction of sp³-hybridized carbons (Fsp3) is 0.190. The molecule has 0 spiro atoms. The molecule has 0 atom stereocenters. The number of nitrogens with zero attached hydrogens (tertiary/aromatic N) is 3. The summed E-state index contributed by atoms with van der Waals surface area (Å²) in [7, 11) is 0. The quantitative estimate of drug-likeness (QED) is 0.323. The van der Waals surface area contributed by atoms with Crippen LogP contribution in [0.4, 0.5) is 0 Å². The van der Waals surface area contributed by atoms with Gasteiger partial charge in [-0.1, -0.05) is 35.9 Å². The summed E-state index contributed by atoms with van der Waals surface area (Å²) in [5, 5.41) is 4.47. The second kappa shape index (κ2) is 8.54. The normalized spacial score (nSPS) is 10.7.